The summed E-state index contributed by atoms with van der Waals surface area (Å²) in [6.07, 6.45) is 3.57. The Bertz CT molecular complexity index is 618. The molecule has 0 bridgehead atoms. The van der Waals surface area contributed by atoms with Crippen molar-refractivity contribution in [2.45, 2.75) is 25.9 Å². The van der Waals surface area contributed by atoms with E-state index < -0.39 is 0 Å². The Morgan fingerprint density at radius 2 is 2.08 bits per heavy atom. The maximum Gasteiger partial charge on any atom is 0.191 e. The molecule has 1 aliphatic heterocycles. The van der Waals surface area contributed by atoms with E-state index in [1.54, 1.807) is 6.26 Å². The molecule has 1 aromatic heterocycles. The highest BCUT2D eigenvalue weighted by Crippen LogP contribution is 2.28. The van der Waals surface area contributed by atoms with Gasteiger partial charge < -0.3 is 19.8 Å². The summed E-state index contributed by atoms with van der Waals surface area (Å²) in [6.45, 7) is 4.32. The zero-order valence-corrected chi connectivity index (χ0v) is 16.2. The maximum absolute atomic E-state index is 5.92. The molecule has 1 aromatic carbocycles. The number of hydrogen-bond donors (Lipinski definition) is 2. The summed E-state index contributed by atoms with van der Waals surface area (Å²) >= 11 is 0. The molecule has 0 fully saturated rings. The number of guanidine groups is 1. The van der Waals surface area contributed by atoms with E-state index >= 15 is 0 Å². The van der Waals surface area contributed by atoms with Crippen LogP contribution < -0.4 is 15.4 Å². The van der Waals surface area contributed by atoms with Crippen molar-refractivity contribution >= 4 is 29.9 Å². The molecule has 0 radical (unpaired) electrons. The van der Waals surface area contributed by atoms with Crippen molar-refractivity contribution in [2.75, 3.05) is 19.6 Å². The van der Waals surface area contributed by atoms with E-state index in [0.29, 0.717) is 6.54 Å². The smallest absolute Gasteiger partial charge is 0.191 e. The Morgan fingerprint density at radius 1 is 1.21 bits per heavy atom. The lowest BCUT2D eigenvalue weighted by Gasteiger charge is -2.13. The van der Waals surface area contributed by atoms with Crippen LogP contribution in [0.15, 0.2) is 52.1 Å². The molecule has 0 spiro atoms. The van der Waals surface area contributed by atoms with E-state index in [9.17, 15) is 0 Å². The number of nitrogens with one attached hydrogen (secondary N) is 2. The molecular weight excluding hydrogens is 417 g/mol. The van der Waals surface area contributed by atoms with Crippen molar-refractivity contribution in [1.29, 1.82) is 0 Å². The maximum atomic E-state index is 5.92. The first-order chi connectivity index (χ1) is 11.3. The van der Waals surface area contributed by atoms with Crippen LogP contribution in [0.25, 0.3) is 0 Å². The quantitative estimate of drug-likeness (QED) is 0.411. The third-order valence-corrected chi connectivity index (χ3v) is 3.76. The summed E-state index contributed by atoms with van der Waals surface area (Å²) in [5.41, 5.74) is 1.27. The number of ether oxygens (including phenoxy) is 1. The summed E-state index contributed by atoms with van der Waals surface area (Å²) in [5, 5.41) is 6.59. The van der Waals surface area contributed by atoms with E-state index in [0.717, 1.165) is 43.4 Å². The van der Waals surface area contributed by atoms with Gasteiger partial charge in [0.1, 0.15) is 17.6 Å². The number of nitrogens with zero attached hydrogens (tertiary/aromatic N) is 1. The van der Waals surface area contributed by atoms with Gasteiger partial charge in [0.2, 0.25) is 0 Å². The molecule has 0 aliphatic carbocycles. The summed E-state index contributed by atoms with van der Waals surface area (Å²) in [4.78, 5) is 4.64. The minimum atomic E-state index is 0. The van der Waals surface area contributed by atoms with Crippen LogP contribution in [0.4, 0.5) is 0 Å². The standard InChI is InChI=1S/C18H23N3O2.HI/c1-2-19-18(20-10-9-15-7-5-11-22-15)21-13-16-12-14-6-3-4-8-17(14)23-16;/h3-8,11,16H,2,9-10,12-13H2,1H3,(H2,19,20,21);1H. The first-order valence-electron chi connectivity index (χ1n) is 8.14. The molecule has 1 unspecified atom stereocenters. The van der Waals surface area contributed by atoms with Crippen molar-refractivity contribution in [3.63, 3.8) is 0 Å². The van der Waals surface area contributed by atoms with Gasteiger partial charge in [0, 0.05) is 25.9 Å². The molecule has 3 rings (SSSR count). The van der Waals surface area contributed by atoms with E-state index in [1.165, 1.54) is 5.56 Å². The monoisotopic (exact) mass is 441 g/mol. The summed E-state index contributed by atoms with van der Waals surface area (Å²) in [5.74, 6) is 2.78. The number of rotatable bonds is 6. The predicted octanol–water partition coefficient (Wildman–Crippen LogP) is 3.00. The molecule has 1 atom stereocenters. The van der Waals surface area contributed by atoms with Gasteiger partial charge in [-0.3, -0.25) is 0 Å². The van der Waals surface area contributed by atoms with Crippen LogP contribution in [0.3, 0.4) is 0 Å². The molecule has 2 N–H and O–H groups in total. The molecule has 2 heterocycles. The number of aliphatic imine (C=N–C) groups is 1. The highest BCUT2D eigenvalue weighted by atomic mass is 127. The lowest BCUT2D eigenvalue weighted by molar-refractivity contribution is 0.241. The van der Waals surface area contributed by atoms with Crippen LogP contribution >= 0.6 is 24.0 Å². The third kappa shape index (κ3) is 5.15. The zero-order valence-electron chi connectivity index (χ0n) is 13.8. The van der Waals surface area contributed by atoms with Crippen molar-refractivity contribution < 1.29 is 9.15 Å². The molecule has 1 aliphatic rings. The van der Waals surface area contributed by atoms with Gasteiger partial charge in [0.15, 0.2) is 5.96 Å². The number of fused-ring (bicyclic) bond motifs is 1. The number of hydrogen-bond acceptors (Lipinski definition) is 3. The van der Waals surface area contributed by atoms with Gasteiger partial charge >= 0.3 is 0 Å². The SMILES string of the molecule is CCNC(=NCC1Cc2ccccc2O1)NCCc1ccco1.I. The largest absolute Gasteiger partial charge is 0.488 e. The lowest BCUT2D eigenvalue weighted by Crippen LogP contribution is -2.39. The first-order valence-corrected chi connectivity index (χ1v) is 8.14. The van der Waals surface area contributed by atoms with Crippen LogP contribution in [0.2, 0.25) is 0 Å². The van der Waals surface area contributed by atoms with Gasteiger partial charge in [-0.15, -0.1) is 24.0 Å². The van der Waals surface area contributed by atoms with Crippen molar-refractivity contribution in [3.8, 4) is 5.75 Å². The van der Waals surface area contributed by atoms with Crippen LogP contribution in [-0.2, 0) is 12.8 Å². The first kappa shape index (κ1) is 18.6. The molecule has 5 nitrogen and oxygen atoms in total. The van der Waals surface area contributed by atoms with Crippen molar-refractivity contribution in [1.82, 2.24) is 10.6 Å². The highest BCUT2D eigenvalue weighted by molar-refractivity contribution is 14.0. The number of para-hydroxylation sites is 1. The van der Waals surface area contributed by atoms with Crippen molar-refractivity contribution in [3.05, 3.63) is 54.0 Å². The summed E-state index contributed by atoms with van der Waals surface area (Å²) < 4.78 is 11.3. The minimum absolute atomic E-state index is 0. The third-order valence-electron chi connectivity index (χ3n) is 3.76. The Kier molecular flexibility index (Phi) is 7.42. The van der Waals surface area contributed by atoms with Gasteiger partial charge in [-0.25, -0.2) is 4.99 Å². The van der Waals surface area contributed by atoms with Gasteiger partial charge in [0.25, 0.3) is 0 Å². The number of benzene rings is 1. The Labute approximate surface area is 159 Å². The highest BCUT2D eigenvalue weighted by Gasteiger charge is 2.21. The van der Waals surface area contributed by atoms with E-state index in [1.807, 2.05) is 30.3 Å². The van der Waals surface area contributed by atoms with Crippen LogP contribution in [0.1, 0.15) is 18.2 Å². The second-order valence-corrected chi connectivity index (χ2v) is 5.53. The van der Waals surface area contributed by atoms with E-state index in [4.69, 9.17) is 9.15 Å². The van der Waals surface area contributed by atoms with Crippen LogP contribution in [-0.4, -0.2) is 31.7 Å². The fourth-order valence-electron chi connectivity index (χ4n) is 2.65. The molecule has 0 saturated carbocycles. The molecule has 2 aromatic rings. The molecular formula is C18H24IN3O2. The topological polar surface area (TPSA) is 58.8 Å². The predicted molar refractivity (Wildman–Crippen MR) is 106 cm³/mol. The normalized spacial score (nSPS) is 16.0. The fraction of sp³-hybridized carbons (Fsp3) is 0.389. The molecule has 0 amide bonds. The Balaban J connectivity index is 0.00000208. The lowest BCUT2D eigenvalue weighted by atomic mass is 10.1. The van der Waals surface area contributed by atoms with Gasteiger partial charge in [0.05, 0.1) is 12.8 Å². The van der Waals surface area contributed by atoms with E-state index in [-0.39, 0.29) is 30.1 Å². The van der Waals surface area contributed by atoms with E-state index in [2.05, 4.69) is 28.6 Å². The molecule has 6 heteroatoms. The average molecular weight is 441 g/mol. The van der Waals surface area contributed by atoms with Crippen molar-refractivity contribution in [2.24, 2.45) is 4.99 Å². The Morgan fingerprint density at radius 3 is 2.83 bits per heavy atom. The minimum Gasteiger partial charge on any atom is -0.488 e. The summed E-state index contributed by atoms with van der Waals surface area (Å²) in [6, 6.07) is 12.1. The Hall–Kier alpha value is -1.70. The molecule has 24 heavy (non-hydrogen) atoms. The number of furan rings is 1. The van der Waals surface area contributed by atoms with Crippen LogP contribution in [0.5, 0.6) is 5.75 Å². The van der Waals surface area contributed by atoms with Gasteiger partial charge in [-0.1, -0.05) is 18.2 Å². The van der Waals surface area contributed by atoms with Gasteiger partial charge in [-0.2, -0.15) is 0 Å². The molecule has 0 saturated heterocycles. The zero-order chi connectivity index (χ0) is 15.9. The second-order valence-electron chi connectivity index (χ2n) is 5.53. The average Bonchev–Trinajstić information content (AvgIpc) is 3.21. The second kappa shape index (κ2) is 9.56. The van der Waals surface area contributed by atoms with Crippen LogP contribution in [0, 0.1) is 0 Å². The fourth-order valence-corrected chi connectivity index (χ4v) is 2.65. The molecule has 130 valence electrons. The number of halogens is 1. The van der Waals surface area contributed by atoms with Gasteiger partial charge in [-0.05, 0) is 30.7 Å². The summed E-state index contributed by atoms with van der Waals surface area (Å²) in [7, 11) is 0.